The Balaban J connectivity index is 0. The molecule has 0 aromatic heterocycles. The summed E-state index contributed by atoms with van der Waals surface area (Å²) in [5, 5.41) is 9.25. The Morgan fingerprint density at radius 3 is 1.43 bits per heavy atom. The maximum atomic E-state index is 6.50. The second-order valence-corrected chi connectivity index (χ2v) is 1.22. The van der Waals surface area contributed by atoms with Gasteiger partial charge in [-0.25, -0.2) is 10.6 Å². The standard InChI is InChI=1S/C3H7N.CH4N2/c1-3(2)4;1-3-2/h4H,1-2H3;2H,1H3. The Morgan fingerprint density at radius 2 is 1.43 bits per heavy atom. The van der Waals surface area contributed by atoms with Crippen LogP contribution in [0.1, 0.15) is 13.8 Å². The Labute approximate surface area is 43.8 Å². The summed E-state index contributed by atoms with van der Waals surface area (Å²) in [6.07, 6.45) is 0. The maximum absolute atomic E-state index is 6.50. The molecule has 0 fully saturated rings. The summed E-state index contributed by atoms with van der Waals surface area (Å²) in [5.41, 5.74) is 6.50. The third-order valence-electron chi connectivity index (χ3n) is 0. The fraction of sp³-hybridized carbons (Fsp3) is 0.750. The molecule has 0 aliphatic rings. The van der Waals surface area contributed by atoms with Gasteiger partial charge >= 0.3 is 0 Å². The molecule has 0 radical (unpaired) electrons. The zero-order chi connectivity index (χ0) is 6.28. The molecule has 0 heterocycles. The van der Waals surface area contributed by atoms with Gasteiger partial charge in [0.1, 0.15) is 0 Å². The first-order valence-electron chi connectivity index (χ1n) is 1.92. The number of hydrogen-bond donors (Lipinski definition) is 2. The largest absolute Gasteiger partial charge is 0.310 e. The Morgan fingerprint density at radius 1 is 1.43 bits per heavy atom. The van der Waals surface area contributed by atoms with Crippen molar-refractivity contribution in [3.05, 3.63) is 0 Å². The van der Waals surface area contributed by atoms with E-state index in [4.69, 9.17) is 10.9 Å². The summed E-state index contributed by atoms with van der Waals surface area (Å²) in [6, 6.07) is 0. The molecule has 2 N–H and O–H groups in total. The minimum Gasteiger partial charge on any atom is -0.310 e. The number of nitrogens with zero attached hydrogens (tertiary/aromatic N) is 1. The third kappa shape index (κ3) is 106. The maximum Gasteiger partial charge on any atom is 0.0485 e. The van der Waals surface area contributed by atoms with Crippen LogP contribution in [0.3, 0.4) is 0 Å². The van der Waals surface area contributed by atoms with Crippen LogP contribution in [0.4, 0.5) is 0 Å². The second-order valence-electron chi connectivity index (χ2n) is 1.22. The van der Waals surface area contributed by atoms with E-state index in [0.717, 1.165) is 0 Å². The van der Waals surface area contributed by atoms with Crippen molar-refractivity contribution in [1.82, 2.24) is 0 Å². The first-order chi connectivity index (χ1) is 3.15. The smallest absolute Gasteiger partial charge is 0.0485 e. The van der Waals surface area contributed by atoms with E-state index in [1.54, 1.807) is 13.8 Å². The van der Waals surface area contributed by atoms with Gasteiger partial charge in [-0.3, -0.25) is 0 Å². The Hall–Kier alpha value is -0.730. The van der Waals surface area contributed by atoms with Crippen LogP contribution in [0.15, 0.2) is 5.11 Å². The van der Waals surface area contributed by atoms with E-state index in [9.17, 15) is 0 Å². The molecule has 0 atom stereocenters. The molecule has 3 nitrogen and oxygen atoms in total. The lowest BCUT2D eigenvalue weighted by molar-refractivity contribution is 1.09. The van der Waals surface area contributed by atoms with Crippen molar-refractivity contribution in [1.29, 1.82) is 10.9 Å². The van der Waals surface area contributed by atoms with Crippen LogP contribution in [0.5, 0.6) is 0 Å². The molecule has 0 amide bonds. The van der Waals surface area contributed by atoms with Crippen molar-refractivity contribution in [3.8, 4) is 0 Å². The van der Waals surface area contributed by atoms with Crippen LogP contribution in [0.2, 0.25) is 0 Å². The first kappa shape index (κ1) is 9.55. The summed E-state index contributed by atoms with van der Waals surface area (Å²) < 4.78 is 0. The van der Waals surface area contributed by atoms with Gasteiger partial charge < -0.3 is 5.41 Å². The summed E-state index contributed by atoms with van der Waals surface area (Å²) in [4.78, 5) is 0. The van der Waals surface area contributed by atoms with Crippen molar-refractivity contribution in [3.63, 3.8) is 0 Å². The van der Waals surface area contributed by atoms with Crippen LogP contribution in [0.25, 0.3) is 0 Å². The van der Waals surface area contributed by atoms with Gasteiger partial charge in [-0.1, -0.05) is 0 Å². The Bertz CT molecular complexity index is 54.0. The minimum absolute atomic E-state index is 0.667. The fourth-order valence-corrected chi connectivity index (χ4v) is 0. The lowest BCUT2D eigenvalue weighted by Crippen LogP contribution is -1.67. The molecule has 0 unspecified atom stereocenters. The molecular formula is C4H11N3. The lowest BCUT2D eigenvalue weighted by atomic mass is 10.5. The van der Waals surface area contributed by atoms with Crippen LogP contribution in [-0.2, 0) is 0 Å². The third-order valence-corrected chi connectivity index (χ3v) is 0. The monoisotopic (exact) mass is 101 g/mol. The molecule has 0 aliphatic carbocycles. The van der Waals surface area contributed by atoms with E-state index in [2.05, 4.69) is 5.11 Å². The highest BCUT2D eigenvalue weighted by atomic mass is 14.9. The number of nitrogens with one attached hydrogen (secondary N) is 2. The van der Waals surface area contributed by atoms with Crippen molar-refractivity contribution in [2.24, 2.45) is 5.11 Å². The molecule has 3 heteroatoms. The van der Waals surface area contributed by atoms with Gasteiger partial charge in [0.05, 0.1) is 0 Å². The SMILES string of the molecule is CC(C)=N.CN=N. The van der Waals surface area contributed by atoms with Crippen molar-refractivity contribution >= 4 is 5.71 Å². The van der Waals surface area contributed by atoms with Crippen LogP contribution < -0.4 is 0 Å². The molecule has 7 heavy (non-hydrogen) atoms. The van der Waals surface area contributed by atoms with Crippen molar-refractivity contribution in [2.45, 2.75) is 13.8 Å². The minimum atomic E-state index is 0.667. The van der Waals surface area contributed by atoms with E-state index >= 15 is 0 Å². The number of hydrogen-bond acceptors (Lipinski definition) is 3. The zero-order valence-electron chi connectivity index (χ0n) is 4.95. The molecule has 0 aliphatic heterocycles. The molecule has 0 bridgehead atoms. The molecule has 0 aromatic carbocycles. The van der Waals surface area contributed by atoms with Crippen LogP contribution >= 0.6 is 0 Å². The van der Waals surface area contributed by atoms with Crippen LogP contribution in [-0.4, -0.2) is 12.8 Å². The van der Waals surface area contributed by atoms with Gasteiger partial charge in [0.2, 0.25) is 0 Å². The predicted molar refractivity (Wildman–Crippen MR) is 30.1 cm³/mol. The average Bonchev–Trinajstić information content (AvgIpc) is 1.33. The summed E-state index contributed by atoms with van der Waals surface area (Å²) in [7, 11) is 1.42. The summed E-state index contributed by atoms with van der Waals surface area (Å²) in [5.74, 6) is 0. The van der Waals surface area contributed by atoms with Gasteiger partial charge in [-0.05, 0) is 13.8 Å². The topological polar surface area (TPSA) is 60.1 Å². The quantitative estimate of drug-likeness (QED) is 0.344. The van der Waals surface area contributed by atoms with Gasteiger partial charge in [0, 0.05) is 12.8 Å². The molecule has 0 saturated heterocycles. The first-order valence-corrected chi connectivity index (χ1v) is 1.92. The fourth-order valence-electron chi connectivity index (χ4n) is 0. The van der Waals surface area contributed by atoms with Gasteiger partial charge in [0.15, 0.2) is 0 Å². The molecule has 0 saturated carbocycles. The zero-order valence-corrected chi connectivity index (χ0v) is 4.95. The molecule has 0 spiro atoms. The normalized spacial score (nSPS) is 5.57. The van der Waals surface area contributed by atoms with Crippen molar-refractivity contribution in [2.75, 3.05) is 7.05 Å². The molecular weight excluding hydrogens is 90.1 g/mol. The van der Waals surface area contributed by atoms with E-state index in [1.165, 1.54) is 7.05 Å². The number of rotatable bonds is 0. The highest BCUT2D eigenvalue weighted by Crippen LogP contribution is 1.52. The van der Waals surface area contributed by atoms with E-state index in [0.29, 0.717) is 5.71 Å². The van der Waals surface area contributed by atoms with Crippen LogP contribution in [0, 0.1) is 10.9 Å². The van der Waals surface area contributed by atoms with Gasteiger partial charge in [0.25, 0.3) is 0 Å². The molecule has 0 aromatic rings. The highest BCUT2D eigenvalue weighted by Gasteiger charge is 1.55. The Kier molecular flexibility index (Phi) is 12.3. The van der Waals surface area contributed by atoms with E-state index < -0.39 is 0 Å². The summed E-state index contributed by atoms with van der Waals surface area (Å²) in [6.45, 7) is 3.50. The predicted octanol–water partition coefficient (Wildman–Crippen LogP) is 1.69. The second kappa shape index (κ2) is 8.99. The average molecular weight is 101 g/mol. The van der Waals surface area contributed by atoms with Gasteiger partial charge in [-0.15, -0.1) is 0 Å². The van der Waals surface area contributed by atoms with E-state index in [-0.39, 0.29) is 0 Å². The van der Waals surface area contributed by atoms with E-state index in [1.807, 2.05) is 0 Å². The molecule has 0 rings (SSSR count). The molecule has 42 valence electrons. The van der Waals surface area contributed by atoms with Gasteiger partial charge in [-0.2, -0.15) is 0 Å². The highest BCUT2D eigenvalue weighted by molar-refractivity contribution is 5.75. The lowest BCUT2D eigenvalue weighted by Gasteiger charge is -1.63. The van der Waals surface area contributed by atoms with Crippen molar-refractivity contribution < 1.29 is 0 Å². The summed E-state index contributed by atoms with van der Waals surface area (Å²) >= 11 is 0.